The molecule has 3 aromatic carbocycles. The molecule has 0 aliphatic rings. The van der Waals surface area contributed by atoms with Crippen LogP contribution in [0.4, 0.5) is 11.4 Å². The molecular weight excluding hydrogens is 511 g/mol. The van der Waals surface area contributed by atoms with Crippen molar-refractivity contribution in [1.29, 1.82) is 0 Å². The van der Waals surface area contributed by atoms with Gasteiger partial charge in [-0.15, -0.1) is 0 Å². The Bertz CT molecular complexity index is 1280. The molecule has 1 amide bonds. The van der Waals surface area contributed by atoms with E-state index in [0.29, 0.717) is 27.9 Å². The number of sulfonamides is 1. The fraction of sp³-hybridized carbons (Fsp3) is 0.200. The second kappa shape index (κ2) is 12.1. The topological polar surface area (TPSA) is 92.8 Å². The average Bonchev–Trinajstić information content (AvgIpc) is 2.83. The van der Waals surface area contributed by atoms with E-state index in [1.807, 2.05) is 6.92 Å². The van der Waals surface area contributed by atoms with E-state index in [-0.39, 0.29) is 10.6 Å². The van der Waals surface area contributed by atoms with Crippen molar-refractivity contribution in [3.8, 4) is 0 Å². The lowest BCUT2D eigenvalue weighted by Crippen LogP contribution is -2.38. The van der Waals surface area contributed by atoms with E-state index in [0.717, 1.165) is 17.1 Å². The van der Waals surface area contributed by atoms with Crippen molar-refractivity contribution < 1.29 is 22.7 Å². The second-order valence-electron chi connectivity index (χ2n) is 7.56. The number of benzene rings is 3. The normalized spacial score (nSPS) is 11.1. The molecule has 0 saturated carbocycles. The summed E-state index contributed by atoms with van der Waals surface area (Å²) in [6.07, 6.45) is 1.69. The van der Waals surface area contributed by atoms with Crippen molar-refractivity contribution >= 4 is 56.5 Å². The third-order valence-corrected chi connectivity index (χ3v) is 7.20. The van der Waals surface area contributed by atoms with Gasteiger partial charge in [0.25, 0.3) is 10.0 Å². The molecule has 0 unspecified atom stereocenters. The minimum atomic E-state index is -4.11. The number of amides is 1. The van der Waals surface area contributed by atoms with E-state index in [2.05, 4.69) is 5.32 Å². The standard InChI is InChI=1S/C25H24Cl2N2O5S/c1-2-3-15-34-25(31)18-7-11-21(12-8-18)28-24(30)17-29(22-6-4-5-20(27)16-22)35(32,33)23-13-9-19(26)10-14-23/h4-14,16H,2-3,15,17H2,1H3,(H,28,30). The number of hydrogen-bond donors (Lipinski definition) is 1. The van der Waals surface area contributed by atoms with Crippen LogP contribution in [0.5, 0.6) is 0 Å². The molecule has 0 aliphatic heterocycles. The summed E-state index contributed by atoms with van der Waals surface area (Å²) in [4.78, 5) is 24.9. The molecule has 0 bridgehead atoms. The number of rotatable bonds is 10. The smallest absolute Gasteiger partial charge is 0.338 e. The Morgan fingerprint density at radius 2 is 1.63 bits per heavy atom. The van der Waals surface area contributed by atoms with Gasteiger partial charge in [-0.25, -0.2) is 13.2 Å². The number of nitrogens with zero attached hydrogens (tertiary/aromatic N) is 1. The molecule has 10 heteroatoms. The first kappa shape index (κ1) is 26.5. The van der Waals surface area contributed by atoms with Crippen molar-refractivity contribution in [1.82, 2.24) is 0 Å². The van der Waals surface area contributed by atoms with Crippen LogP contribution in [0.15, 0.2) is 77.7 Å². The van der Waals surface area contributed by atoms with Gasteiger partial charge in [0.1, 0.15) is 6.54 Å². The lowest BCUT2D eigenvalue weighted by molar-refractivity contribution is -0.114. The third-order valence-electron chi connectivity index (χ3n) is 4.92. The summed E-state index contributed by atoms with van der Waals surface area (Å²) in [7, 11) is -4.11. The highest BCUT2D eigenvalue weighted by Crippen LogP contribution is 2.27. The van der Waals surface area contributed by atoms with Gasteiger partial charge in [-0.1, -0.05) is 42.6 Å². The number of unbranched alkanes of at least 4 members (excludes halogenated alkanes) is 1. The Kier molecular flexibility index (Phi) is 9.14. The summed E-state index contributed by atoms with van der Waals surface area (Å²) in [5, 5.41) is 3.36. The summed E-state index contributed by atoms with van der Waals surface area (Å²) in [5.74, 6) is -1.03. The molecule has 0 radical (unpaired) electrons. The van der Waals surface area contributed by atoms with E-state index in [4.69, 9.17) is 27.9 Å². The van der Waals surface area contributed by atoms with Gasteiger partial charge in [0.15, 0.2) is 0 Å². The number of halogens is 2. The zero-order chi connectivity index (χ0) is 25.4. The van der Waals surface area contributed by atoms with E-state index in [1.54, 1.807) is 30.3 Å². The van der Waals surface area contributed by atoms with Crippen LogP contribution in [0.1, 0.15) is 30.1 Å². The summed E-state index contributed by atoms with van der Waals surface area (Å²) < 4.78 is 32.9. The van der Waals surface area contributed by atoms with Gasteiger partial charge in [0.05, 0.1) is 22.8 Å². The van der Waals surface area contributed by atoms with Crippen molar-refractivity contribution in [3.05, 3.63) is 88.4 Å². The Morgan fingerprint density at radius 3 is 2.26 bits per heavy atom. The predicted molar refractivity (Wildman–Crippen MR) is 138 cm³/mol. The lowest BCUT2D eigenvalue weighted by atomic mass is 10.2. The molecule has 0 heterocycles. The largest absolute Gasteiger partial charge is 0.462 e. The number of hydrogen-bond acceptors (Lipinski definition) is 5. The molecule has 0 aliphatic carbocycles. The highest BCUT2D eigenvalue weighted by atomic mass is 35.5. The van der Waals surface area contributed by atoms with Crippen LogP contribution < -0.4 is 9.62 Å². The Balaban J connectivity index is 1.78. The summed E-state index contributed by atoms with van der Waals surface area (Å²) >= 11 is 12.0. The van der Waals surface area contributed by atoms with Crippen molar-refractivity contribution in [2.24, 2.45) is 0 Å². The molecule has 3 aromatic rings. The zero-order valence-electron chi connectivity index (χ0n) is 18.9. The van der Waals surface area contributed by atoms with Crippen LogP contribution in [0.3, 0.4) is 0 Å². The Hall–Kier alpha value is -3.07. The van der Waals surface area contributed by atoms with Gasteiger partial charge in [0, 0.05) is 15.7 Å². The zero-order valence-corrected chi connectivity index (χ0v) is 21.2. The molecule has 0 atom stereocenters. The van der Waals surface area contributed by atoms with Crippen LogP contribution in [0.2, 0.25) is 10.0 Å². The van der Waals surface area contributed by atoms with E-state index < -0.39 is 28.4 Å². The van der Waals surface area contributed by atoms with Crippen LogP contribution in [-0.2, 0) is 19.6 Å². The average molecular weight is 535 g/mol. The second-order valence-corrected chi connectivity index (χ2v) is 10.3. The number of esters is 1. The summed E-state index contributed by atoms with van der Waals surface area (Å²) in [5.41, 5.74) is 0.979. The van der Waals surface area contributed by atoms with Gasteiger partial charge in [-0.3, -0.25) is 9.10 Å². The van der Waals surface area contributed by atoms with Crippen LogP contribution >= 0.6 is 23.2 Å². The number of ether oxygens (including phenoxy) is 1. The first-order valence-corrected chi connectivity index (χ1v) is 13.0. The minimum absolute atomic E-state index is 0.0272. The van der Waals surface area contributed by atoms with E-state index in [9.17, 15) is 18.0 Å². The number of carbonyl (C=O) groups excluding carboxylic acids is 2. The molecule has 0 aromatic heterocycles. The Labute approximate surface area is 214 Å². The maximum atomic E-state index is 13.4. The van der Waals surface area contributed by atoms with Crippen LogP contribution in [0, 0.1) is 0 Å². The number of nitrogens with one attached hydrogen (secondary N) is 1. The molecule has 0 fully saturated rings. The van der Waals surface area contributed by atoms with Crippen LogP contribution in [-0.4, -0.2) is 33.4 Å². The number of anilines is 2. The van der Waals surface area contributed by atoms with Crippen molar-refractivity contribution in [2.75, 3.05) is 22.8 Å². The molecule has 7 nitrogen and oxygen atoms in total. The molecule has 184 valence electrons. The maximum Gasteiger partial charge on any atom is 0.338 e. The molecule has 1 N–H and O–H groups in total. The fourth-order valence-electron chi connectivity index (χ4n) is 3.09. The SMILES string of the molecule is CCCCOC(=O)c1ccc(NC(=O)CN(c2cccc(Cl)c2)S(=O)(=O)c2ccc(Cl)cc2)cc1. The van der Waals surface area contributed by atoms with Gasteiger partial charge in [-0.2, -0.15) is 0 Å². The first-order valence-electron chi connectivity index (χ1n) is 10.8. The lowest BCUT2D eigenvalue weighted by Gasteiger charge is -2.24. The van der Waals surface area contributed by atoms with E-state index in [1.165, 1.54) is 42.5 Å². The molecule has 3 rings (SSSR count). The molecule has 0 saturated heterocycles. The third kappa shape index (κ3) is 7.21. The summed E-state index contributed by atoms with van der Waals surface area (Å²) in [6, 6.07) is 18.0. The predicted octanol–water partition coefficient (Wildman–Crippen LogP) is 5.78. The van der Waals surface area contributed by atoms with Gasteiger partial charge < -0.3 is 10.1 Å². The van der Waals surface area contributed by atoms with Crippen molar-refractivity contribution in [2.45, 2.75) is 24.7 Å². The van der Waals surface area contributed by atoms with E-state index >= 15 is 0 Å². The fourth-order valence-corrected chi connectivity index (χ4v) is 4.82. The maximum absolute atomic E-state index is 13.4. The highest BCUT2D eigenvalue weighted by Gasteiger charge is 2.27. The molecule has 35 heavy (non-hydrogen) atoms. The van der Waals surface area contributed by atoms with Gasteiger partial charge >= 0.3 is 5.97 Å². The monoisotopic (exact) mass is 534 g/mol. The number of carbonyl (C=O) groups is 2. The molecular formula is C25H24Cl2N2O5S. The van der Waals surface area contributed by atoms with Crippen molar-refractivity contribution in [3.63, 3.8) is 0 Å². The molecule has 0 spiro atoms. The summed E-state index contributed by atoms with van der Waals surface area (Å²) in [6.45, 7) is 1.83. The van der Waals surface area contributed by atoms with Gasteiger partial charge in [-0.05, 0) is 73.2 Å². The first-order chi connectivity index (χ1) is 16.7. The Morgan fingerprint density at radius 1 is 0.943 bits per heavy atom. The highest BCUT2D eigenvalue weighted by molar-refractivity contribution is 7.92. The minimum Gasteiger partial charge on any atom is -0.462 e. The van der Waals surface area contributed by atoms with Gasteiger partial charge in [0.2, 0.25) is 5.91 Å². The van der Waals surface area contributed by atoms with Crippen LogP contribution in [0.25, 0.3) is 0 Å². The quantitative estimate of drug-likeness (QED) is 0.262.